The summed E-state index contributed by atoms with van der Waals surface area (Å²) in [4.78, 5) is 45.5. The molecule has 1 saturated carbocycles. The first-order valence-corrected chi connectivity index (χ1v) is 13.7. The summed E-state index contributed by atoms with van der Waals surface area (Å²) in [6.45, 7) is 2.32. The number of hydrogen-bond donors (Lipinski definition) is 1. The molecule has 11 nitrogen and oxygen atoms in total. The number of nitrogens with zero attached hydrogens (tertiary/aromatic N) is 5. The van der Waals surface area contributed by atoms with Gasteiger partial charge in [0, 0.05) is 56.5 Å². The maximum absolute atomic E-state index is 13.7. The van der Waals surface area contributed by atoms with E-state index in [1.165, 1.54) is 4.90 Å². The first kappa shape index (κ1) is 26.7. The number of terminal acetylenes is 1. The van der Waals surface area contributed by atoms with Gasteiger partial charge in [0.05, 0.1) is 32.1 Å². The summed E-state index contributed by atoms with van der Waals surface area (Å²) in [5, 5.41) is 23.5. The van der Waals surface area contributed by atoms with Gasteiger partial charge >= 0.3 is 12.1 Å². The SMILES string of the molecule is C#CC1CCC(CCC2CC[N+]([O-])(C(=O)O)C(N3CC4=CN(C(=O)N5CCOCC5)C=CN4C3)C2=O)CC1. The van der Waals surface area contributed by atoms with Crippen LogP contribution in [-0.2, 0) is 9.53 Å². The van der Waals surface area contributed by atoms with Crippen molar-refractivity contribution in [3.05, 3.63) is 29.5 Å². The lowest BCUT2D eigenvalue weighted by atomic mass is 9.78. The molecule has 206 valence electrons. The van der Waals surface area contributed by atoms with Crippen LogP contribution in [0.15, 0.2) is 24.3 Å². The van der Waals surface area contributed by atoms with Gasteiger partial charge in [-0.05, 0) is 44.4 Å². The number of amides is 3. The van der Waals surface area contributed by atoms with Crippen LogP contribution in [0.4, 0.5) is 9.59 Å². The maximum Gasteiger partial charge on any atom is 0.515 e. The predicted molar refractivity (Wildman–Crippen MR) is 137 cm³/mol. The number of Topliss-reactive ketones (excluding diaryl/α,β-unsaturated/α-hetero) is 1. The van der Waals surface area contributed by atoms with Gasteiger partial charge in [0.2, 0.25) is 11.9 Å². The number of quaternary nitrogens is 1. The van der Waals surface area contributed by atoms with Crippen molar-refractivity contribution < 1.29 is 28.9 Å². The largest absolute Gasteiger partial charge is 0.621 e. The third-order valence-corrected chi connectivity index (χ3v) is 8.80. The molecule has 0 bridgehead atoms. The van der Waals surface area contributed by atoms with Crippen LogP contribution >= 0.6 is 0 Å². The Hall–Kier alpha value is -2.91. The lowest BCUT2D eigenvalue weighted by molar-refractivity contribution is -0.841. The quantitative estimate of drug-likeness (QED) is 0.337. The molecule has 4 aliphatic heterocycles. The molecule has 0 aromatic rings. The van der Waals surface area contributed by atoms with Gasteiger partial charge in [0.1, 0.15) is 0 Å². The Labute approximate surface area is 223 Å². The zero-order valence-electron chi connectivity index (χ0n) is 21.7. The fourth-order valence-corrected chi connectivity index (χ4v) is 6.46. The number of ether oxygens (including phenoxy) is 1. The number of urea groups is 1. The summed E-state index contributed by atoms with van der Waals surface area (Å²) in [5.41, 5.74) is 0.742. The highest BCUT2D eigenvalue weighted by Gasteiger charge is 2.53. The van der Waals surface area contributed by atoms with Crippen LogP contribution in [0.5, 0.6) is 0 Å². The van der Waals surface area contributed by atoms with Gasteiger partial charge in [-0.1, -0.05) is 0 Å². The van der Waals surface area contributed by atoms with E-state index in [9.17, 15) is 24.7 Å². The number of morpholine rings is 1. The highest BCUT2D eigenvalue weighted by atomic mass is 16.6. The van der Waals surface area contributed by atoms with E-state index in [0.717, 1.165) is 37.8 Å². The van der Waals surface area contributed by atoms with Crippen LogP contribution in [-0.4, -0.2) is 99.5 Å². The van der Waals surface area contributed by atoms with Gasteiger partial charge in [-0.3, -0.25) is 9.69 Å². The molecule has 5 aliphatic rings. The molecule has 11 heteroatoms. The van der Waals surface area contributed by atoms with Gasteiger partial charge in [0.25, 0.3) is 0 Å². The molecule has 1 N–H and O–H groups in total. The lowest BCUT2D eigenvalue weighted by Crippen LogP contribution is -2.68. The Morgan fingerprint density at radius 2 is 1.87 bits per heavy atom. The molecule has 3 unspecified atom stereocenters. The Bertz CT molecular complexity index is 1040. The van der Waals surface area contributed by atoms with Gasteiger partial charge in [-0.15, -0.1) is 12.3 Å². The second-order valence-electron chi connectivity index (χ2n) is 11.1. The van der Waals surface area contributed by atoms with Crippen molar-refractivity contribution in [2.45, 2.75) is 51.1 Å². The molecular weight excluding hydrogens is 490 g/mol. The average molecular weight is 528 g/mol. The lowest BCUT2D eigenvalue weighted by Gasteiger charge is -2.49. The molecule has 0 radical (unpaired) electrons. The molecule has 3 saturated heterocycles. The number of likely N-dealkylation sites (tertiary alicyclic amines) is 1. The Balaban J connectivity index is 1.26. The van der Waals surface area contributed by atoms with Crippen molar-refractivity contribution in [2.24, 2.45) is 17.8 Å². The number of hydrogen-bond acceptors (Lipinski definition) is 7. The zero-order chi connectivity index (χ0) is 26.9. The number of hydroxylamine groups is 3. The number of piperidine rings is 1. The monoisotopic (exact) mass is 527 g/mol. The number of carboxylic acid groups (broad SMARTS) is 1. The third kappa shape index (κ3) is 5.18. The molecule has 0 spiro atoms. The summed E-state index contributed by atoms with van der Waals surface area (Å²) in [7, 11) is 0. The van der Waals surface area contributed by atoms with Gasteiger partial charge < -0.3 is 24.9 Å². The summed E-state index contributed by atoms with van der Waals surface area (Å²) >= 11 is 0. The summed E-state index contributed by atoms with van der Waals surface area (Å²) in [6, 6.07) is -0.167. The van der Waals surface area contributed by atoms with E-state index in [4.69, 9.17) is 11.2 Å². The van der Waals surface area contributed by atoms with Crippen LogP contribution in [0.25, 0.3) is 0 Å². The van der Waals surface area contributed by atoms with Crippen molar-refractivity contribution >= 4 is 17.9 Å². The molecule has 4 fully saturated rings. The molecule has 1 aliphatic carbocycles. The van der Waals surface area contributed by atoms with Gasteiger partial charge in [0.15, 0.2) is 0 Å². The van der Waals surface area contributed by atoms with Crippen LogP contribution in [0, 0.1) is 35.3 Å². The van der Waals surface area contributed by atoms with Gasteiger partial charge in [-0.25, -0.2) is 14.3 Å². The van der Waals surface area contributed by atoms with Crippen molar-refractivity contribution in [1.29, 1.82) is 0 Å². The number of ketones is 1. The molecular formula is C27H37N5O6. The molecule has 3 atom stereocenters. The van der Waals surface area contributed by atoms with E-state index in [0.29, 0.717) is 44.6 Å². The van der Waals surface area contributed by atoms with Crippen molar-refractivity contribution in [3.8, 4) is 12.3 Å². The normalized spacial score (nSPS) is 34.1. The summed E-state index contributed by atoms with van der Waals surface area (Å²) in [6.07, 6.45) is 13.8. The first-order chi connectivity index (χ1) is 18.3. The predicted octanol–water partition coefficient (Wildman–Crippen LogP) is 2.77. The van der Waals surface area contributed by atoms with Gasteiger partial charge in [-0.2, -0.15) is 4.79 Å². The van der Waals surface area contributed by atoms with Crippen LogP contribution < -0.4 is 0 Å². The minimum absolute atomic E-state index is 0.132. The minimum Gasteiger partial charge on any atom is -0.621 e. The fraction of sp³-hybridized carbons (Fsp3) is 0.667. The smallest absolute Gasteiger partial charge is 0.515 e. The van der Waals surface area contributed by atoms with E-state index in [1.54, 1.807) is 28.4 Å². The van der Waals surface area contributed by atoms with E-state index >= 15 is 0 Å². The minimum atomic E-state index is -1.58. The van der Waals surface area contributed by atoms with Crippen LogP contribution in [0.2, 0.25) is 0 Å². The highest BCUT2D eigenvalue weighted by Crippen LogP contribution is 2.37. The summed E-state index contributed by atoms with van der Waals surface area (Å²) in [5.74, 6) is 3.10. The topological polar surface area (TPSA) is 117 Å². The molecule has 38 heavy (non-hydrogen) atoms. The maximum atomic E-state index is 13.7. The second kappa shape index (κ2) is 11.1. The molecule has 4 heterocycles. The molecule has 3 amide bonds. The number of fused-ring (bicyclic) bond motifs is 1. The standard InChI is InChI=1S/C27H37N5O6/c1-2-20-3-5-21(6-4-20)7-8-22-9-14-32(37,27(35)36)25(24(22)33)31-18-23-17-29(10-11-30(23)19-31)26(34)28-12-15-38-16-13-28/h1,10-11,17,20-22,25H,3-9,12-16,18-19H2,(H,35,36). The molecule has 0 aromatic carbocycles. The fourth-order valence-electron chi connectivity index (χ4n) is 6.46. The average Bonchev–Trinajstić information content (AvgIpc) is 3.35. The first-order valence-electron chi connectivity index (χ1n) is 13.7. The second-order valence-corrected chi connectivity index (χ2v) is 11.1. The number of carbonyl (C=O) groups excluding carboxylic acids is 2. The van der Waals surface area contributed by atoms with Crippen molar-refractivity contribution in [3.63, 3.8) is 0 Å². The highest BCUT2D eigenvalue weighted by molar-refractivity contribution is 5.87. The third-order valence-electron chi connectivity index (χ3n) is 8.80. The number of carbonyl (C=O) groups is 3. The molecule has 0 aromatic heterocycles. The van der Waals surface area contributed by atoms with E-state index < -0.39 is 16.9 Å². The van der Waals surface area contributed by atoms with Crippen LogP contribution in [0.3, 0.4) is 0 Å². The van der Waals surface area contributed by atoms with E-state index in [2.05, 4.69) is 5.92 Å². The summed E-state index contributed by atoms with van der Waals surface area (Å²) < 4.78 is 3.75. The van der Waals surface area contributed by atoms with E-state index in [1.807, 2.05) is 4.90 Å². The van der Waals surface area contributed by atoms with Crippen molar-refractivity contribution in [1.82, 2.24) is 19.6 Å². The van der Waals surface area contributed by atoms with Crippen LogP contribution in [0.1, 0.15) is 44.9 Å². The zero-order valence-corrected chi connectivity index (χ0v) is 21.7. The number of rotatable bonds is 4. The van der Waals surface area contributed by atoms with Crippen molar-refractivity contribution in [2.75, 3.05) is 46.1 Å². The van der Waals surface area contributed by atoms with E-state index in [-0.39, 0.29) is 43.9 Å². The molecule has 5 rings (SSSR count). The Morgan fingerprint density at radius 3 is 2.55 bits per heavy atom. The Kier molecular flexibility index (Phi) is 7.77. The Morgan fingerprint density at radius 1 is 1.13 bits per heavy atom.